The molecule has 0 aliphatic carbocycles. The van der Waals surface area contributed by atoms with Crippen molar-refractivity contribution in [2.45, 2.75) is 44.4 Å². The number of hydrogen-bond donors (Lipinski definition) is 3. The van der Waals surface area contributed by atoms with E-state index in [1.54, 1.807) is 24.3 Å². The summed E-state index contributed by atoms with van der Waals surface area (Å²) in [5.41, 5.74) is 1.23. The van der Waals surface area contributed by atoms with Crippen LogP contribution in [0.15, 0.2) is 48.5 Å². The highest BCUT2D eigenvalue weighted by atomic mass is 16.7. The average Bonchev–Trinajstić information content (AvgIpc) is 2.63. The maximum Gasteiger partial charge on any atom is 0.228 e. The normalized spacial score (nSPS) is 25.9. The molecule has 3 N–H and O–H groups in total. The maximum atomic E-state index is 9.95. The van der Waals surface area contributed by atoms with Crippen molar-refractivity contribution in [1.29, 1.82) is 0 Å². The van der Waals surface area contributed by atoms with Crippen LogP contribution in [-0.4, -0.2) is 46.5 Å². The molecule has 0 saturated carbocycles. The van der Waals surface area contributed by atoms with Gasteiger partial charge in [-0.15, -0.1) is 0 Å². The third kappa shape index (κ3) is 4.34. The summed E-state index contributed by atoms with van der Waals surface area (Å²) >= 11 is 0. The molecular formula is C20H24O6. The molecule has 140 valence electrons. The molecule has 6 heteroatoms. The second-order valence-electron chi connectivity index (χ2n) is 6.67. The number of rotatable bonds is 5. The minimum atomic E-state index is -1.34. The van der Waals surface area contributed by atoms with Crippen LogP contribution in [0.3, 0.4) is 0 Å². The van der Waals surface area contributed by atoms with Gasteiger partial charge in [-0.2, -0.15) is 0 Å². The lowest BCUT2D eigenvalue weighted by atomic mass is 10.0. The molecule has 1 heterocycles. The van der Waals surface area contributed by atoms with Gasteiger partial charge in [0, 0.05) is 6.07 Å². The number of benzene rings is 2. The topological polar surface area (TPSA) is 88.4 Å². The molecule has 3 rings (SSSR count). The lowest BCUT2D eigenvalue weighted by molar-refractivity contribution is -0.242. The first-order chi connectivity index (χ1) is 12.4. The third-order valence-corrected chi connectivity index (χ3v) is 4.29. The van der Waals surface area contributed by atoms with Gasteiger partial charge >= 0.3 is 0 Å². The van der Waals surface area contributed by atoms with Gasteiger partial charge in [0.2, 0.25) is 6.29 Å². The van der Waals surface area contributed by atoms with E-state index in [2.05, 4.69) is 13.8 Å². The fourth-order valence-corrected chi connectivity index (χ4v) is 2.68. The van der Waals surface area contributed by atoms with Gasteiger partial charge in [-0.25, -0.2) is 0 Å². The van der Waals surface area contributed by atoms with E-state index in [1.807, 2.05) is 24.3 Å². The number of hydrogen-bond acceptors (Lipinski definition) is 6. The molecule has 2 aromatic carbocycles. The van der Waals surface area contributed by atoms with Gasteiger partial charge < -0.3 is 29.5 Å². The molecule has 1 aliphatic heterocycles. The molecule has 4 atom stereocenters. The Kier molecular flexibility index (Phi) is 5.78. The Hall–Kier alpha value is -2.12. The molecule has 1 aliphatic rings. The van der Waals surface area contributed by atoms with Crippen LogP contribution in [0.1, 0.15) is 25.3 Å². The largest absolute Gasteiger partial charge is 0.462 e. The summed E-state index contributed by atoms with van der Waals surface area (Å²) in [6.45, 7) is 4.16. The van der Waals surface area contributed by atoms with Crippen molar-refractivity contribution in [3.05, 3.63) is 54.1 Å². The predicted molar refractivity (Wildman–Crippen MR) is 95.4 cm³/mol. The summed E-state index contributed by atoms with van der Waals surface area (Å²) in [6.07, 6.45) is -4.85. The first-order valence-corrected chi connectivity index (χ1v) is 8.64. The van der Waals surface area contributed by atoms with Crippen molar-refractivity contribution >= 4 is 0 Å². The Morgan fingerprint density at radius 1 is 0.923 bits per heavy atom. The second kappa shape index (κ2) is 8.05. The van der Waals surface area contributed by atoms with E-state index in [4.69, 9.17) is 14.2 Å². The first-order valence-electron chi connectivity index (χ1n) is 8.64. The number of aliphatic hydroxyl groups excluding tert-OH is 3. The SMILES string of the molecule is CC(C)c1ccc(Oc2cccc(O[C@H]3OC[C@H](O)[C@H](O)[C@H]3O)c2)cc1. The second-order valence-corrected chi connectivity index (χ2v) is 6.67. The van der Waals surface area contributed by atoms with E-state index >= 15 is 0 Å². The van der Waals surface area contributed by atoms with E-state index in [9.17, 15) is 15.3 Å². The Morgan fingerprint density at radius 2 is 1.62 bits per heavy atom. The van der Waals surface area contributed by atoms with Crippen LogP contribution in [0.25, 0.3) is 0 Å². The summed E-state index contributed by atoms with van der Waals surface area (Å²) in [4.78, 5) is 0. The van der Waals surface area contributed by atoms with E-state index < -0.39 is 24.6 Å². The van der Waals surface area contributed by atoms with Gasteiger partial charge in [-0.05, 0) is 35.7 Å². The molecule has 6 nitrogen and oxygen atoms in total. The molecule has 0 bridgehead atoms. The molecule has 1 saturated heterocycles. The predicted octanol–water partition coefficient (Wildman–Crippen LogP) is 2.42. The van der Waals surface area contributed by atoms with Crippen molar-refractivity contribution in [3.8, 4) is 17.2 Å². The fourth-order valence-electron chi connectivity index (χ4n) is 2.68. The van der Waals surface area contributed by atoms with Gasteiger partial charge in [-0.1, -0.05) is 32.0 Å². The molecule has 0 amide bonds. The van der Waals surface area contributed by atoms with Gasteiger partial charge in [0.15, 0.2) is 0 Å². The highest BCUT2D eigenvalue weighted by molar-refractivity contribution is 5.38. The quantitative estimate of drug-likeness (QED) is 0.759. The lowest BCUT2D eigenvalue weighted by Gasteiger charge is -2.34. The molecule has 0 aromatic heterocycles. The highest BCUT2D eigenvalue weighted by Crippen LogP contribution is 2.28. The fraction of sp³-hybridized carbons (Fsp3) is 0.400. The van der Waals surface area contributed by atoms with Gasteiger partial charge in [0.1, 0.15) is 35.6 Å². The first kappa shape index (κ1) is 18.7. The maximum absolute atomic E-state index is 9.95. The summed E-state index contributed by atoms with van der Waals surface area (Å²) in [6, 6.07) is 14.8. The van der Waals surface area contributed by atoms with Crippen LogP contribution in [0.2, 0.25) is 0 Å². The van der Waals surface area contributed by atoms with Crippen molar-refractivity contribution in [2.24, 2.45) is 0 Å². The highest BCUT2D eigenvalue weighted by Gasteiger charge is 2.39. The Bertz CT molecular complexity index is 714. The minimum Gasteiger partial charge on any atom is -0.462 e. The molecule has 0 unspecified atom stereocenters. The molecule has 2 aromatic rings. The third-order valence-electron chi connectivity index (χ3n) is 4.29. The molecule has 26 heavy (non-hydrogen) atoms. The average molecular weight is 360 g/mol. The zero-order valence-corrected chi connectivity index (χ0v) is 14.8. The monoisotopic (exact) mass is 360 g/mol. The standard InChI is InChI=1S/C20H24O6/c1-12(2)13-6-8-14(9-7-13)25-15-4-3-5-16(10-15)26-20-19(23)18(22)17(21)11-24-20/h3-10,12,17-23H,11H2,1-2H3/t17-,18-,19+,20+/m0/s1. The van der Waals surface area contributed by atoms with Gasteiger partial charge in [-0.3, -0.25) is 0 Å². The van der Waals surface area contributed by atoms with Crippen molar-refractivity contribution in [3.63, 3.8) is 0 Å². The van der Waals surface area contributed by atoms with Crippen LogP contribution in [0, 0.1) is 0 Å². The van der Waals surface area contributed by atoms with Gasteiger partial charge in [0.25, 0.3) is 0 Å². The van der Waals surface area contributed by atoms with E-state index in [1.165, 1.54) is 5.56 Å². The van der Waals surface area contributed by atoms with E-state index in [0.29, 0.717) is 23.2 Å². The molecule has 0 spiro atoms. The summed E-state index contributed by atoms with van der Waals surface area (Å²) in [5.74, 6) is 2.16. The number of aliphatic hydroxyl groups is 3. The summed E-state index contributed by atoms with van der Waals surface area (Å²) in [5, 5.41) is 29.2. The van der Waals surface area contributed by atoms with E-state index in [0.717, 1.165) is 0 Å². The smallest absolute Gasteiger partial charge is 0.228 e. The molecule has 0 radical (unpaired) electrons. The van der Waals surface area contributed by atoms with Crippen LogP contribution in [-0.2, 0) is 4.74 Å². The Labute approximate surface area is 152 Å². The Balaban J connectivity index is 1.66. The van der Waals surface area contributed by atoms with Crippen LogP contribution in [0.4, 0.5) is 0 Å². The Morgan fingerprint density at radius 3 is 2.31 bits per heavy atom. The van der Waals surface area contributed by atoms with Crippen LogP contribution < -0.4 is 9.47 Å². The van der Waals surface area contributed by atoms with Gasteiger partial charge in [0.05, 0.1) is 6.61 Å². The number of ether oxygens (including phenoxy) is 3. The zero-order chi connectivity index (χ0) is 18.7. The summed E-state index contributed by atoms with van der Waals surface area (Å²) < 4.78 is 16.7. The zero-order valence-electron chi connectivity index (χ0n) is 14.8. The molecular weight excluding hydrogens is 336 g/mol. The lowest BCUT2D eigenvalue weighted by Crippen LogP contribution is -2.54. The van der Waals surface area contributed by atoms with Crippen molar-refractivity contribution in [2.75, 3.05) is 6.61 Å². The van der Waals surface area contributed by atoms with Crippen LogP contribution in [0.5, 0.6) is 17.2 Å². The van der Waals surface area contributed by atoms with Crippen molar-refractivity contribution in [1.82, 2.24) is 0 Å². The minimum absolute atomic E-state index is 0.110. The summed E-state index contributed by atoms with van der Waals surface area (Å²) in [7, 11) is 0. The molecule has 1 fully saturated rings. The van der Waals surface area contributed by atoms with Crippen molar-refractivity contribution < 1.29 is 29.5 Å². The van der Waals surface area contributed by atoms with E-state index in [-0.39, 0.29) is 6.61 Å². The van der Waals surface area contributed by atoms with Crippen LogP contribution >= 0.6 is 0 Å².